The molecule has 31 heavy (non-hydrogen) atoms. The molecule has 0 radical (unpaired) electrons. The van der Waals surface area contributed by atoms with E-state index < -0.39 is 17.8 Å². The molecule has 6 nitrogen and oxygen atoms in total. The van der Waals surface area contributed by atoms with E-state index in [1.165, 1.54) is 7.11 Å². The number of para-hydroxylation sites is 1. The number of fused-ring (bicyclic) bond motifs is 1. The highest BCUT2D eigenvalue weighted by molar-refractivity contribution is 5.98. The zero-order valence-electron chi connectivity index (χ0n) is 17.0. The molecule has 3 aromatic carbocycles. The number of ether oxygens (including phenoxy) is 1. The summed E-state index contributed by atoms with van der Waals surface area (Å²) < 4.78 is 6.55. The number of hydrogen-bond acceptors (Lipinski definition) is 4. The van der Waals surface area contributed by atoms with Crippen LogP contribution in [-0.4, -0.2) is 23.7 Å². The van der Waals surface area contributed by atoms with Crippen LogP contribution in [0, 0.1) is 0 Å². The minimum absolute atomic E-state index is 0.302. The lowest BCUT2D eigenvalue weighted by atomic mass is 9.87. The molecule has 4 aromatic rings. The Balaban J connectivity index is 1.81. The molecule has 156 valence electrons. The summed E-state index contributed by atoms with van der Waals surface area (Å²) in [4.78, 5) is 31.0. The molecule has 4 rings (SSSR count). The summed E-state index contributed by atoms with van der Waals surface area (Å²) in [6.45, 7) is 0.360. The molecular formula is C25H22N2O4. The summed E-state index contributed by atoms with van der Waals surface area (Å²) >= 11 is 0. The van der Waals surface area contributed by atoms with Crippen molar-refractivity contribution in [1.29, 1.82) is 0 Å². The maximum Gasteiger partial charge on any atom is 0.338 e. The van der Waals surface area contributed by atoms with Gasteiger partial charge in [0.15, 0.2) is 0 Å². The Morgan fingerprint density at radius 1 is 0.903 bits per heavy atom. The first-order chi connectivity index (χ1) is 15.1. The number of methoxy groups -OCH3 is 1. The number of hydrogen-bond donors (Lipinski definition) is 1. The third-order valence-electron chi connectivity index (χ3n) is 5.19. The van der Waals surface area contributed by atoms with Crippen LogP contribution < -0.4 is 10.6 Å². The van der Waals surface area contributed by atoms with Crippen molar-refractivity contribution in [3.8, 4) is 0 Å². The molecule has 0 aliphatic carbocycles. The van der Waals surface area contributed by atoms with Gasteiger partial charge in [0.05, 0.1) is 24.1 Å². The molecule has 0 saturated heterocycles. The number of rotatable bonds is 7. The molecule has 1 aromatic heterocycles. The van der Waals surface area contributed by atoms with Crippen molar-refractivity contribution >= 4 is 22.8 Å². The lowest BCUT2D eigenvalue weighted by Crippen LogP contribution is -2.24. The average Bonchev–Trinajstić information content (AvgIpc) is 3.16. The van der Waals surface area contributed by atoms with Gasteiger partial charge in [0.1, 0.15) is 6.61 Å². The second-order valence-corrected chi connectivity index (χ2v) is 7.10. The van der Waals surface area contributed by atoms with E-state index in [-0.39, 0.29) is 0 Å². The van der Waals surface area contributed by atoms with Crippen molar-refractivity contribution in [3.63, 3.8) is 0 Å². The number of carbonyl (C=O) groups is 2. The number of esters is 1. The molecule has 0 fully saturated rings. The molecule has 1 unspecified atom stereocenters. The zero-order valence-corrected chi connectivity index (χ0v) is 17.0. The maximum absolute atomic E-state index is 12.6. The van der Waals surface area contributed by atoms with E-state index in [1.54, 1.807) is 35.2 Å². The maximum atomic E-state index is 12.6. The normalized spacial score (nSPS) is 11.8. The van der Waals surface area contributed by atoms with Gasteiger partial charge in [-0.25, -0.2) is 4.79 Å². The number of aromatic nitrogens is 1. The molecule has 2 N–H and O–H groups in total. The first-order valence-corrected chi connectivity index (χ1v) is 9.84. The van der Waals surface area contributed by atoms with Crippen LogP contribution >= 0.6 is 0 Å². The molecule has 0 spiro atoms. The fourth-order valence-corrected chi connectivity index (χ4v) is 3.75. The molecule has 0 aliphatic heterocycles. The van der Waals surface area contributed by atoms with Gasteiger partial charge in [-0.05, 0) is 28.8 Å². The fraction of sp³-hybridized carbons (Fsp3) is 0.120. The molecule has 1 atom stereocenters. The minimum atomic E-state index is -0.846. The van der Waals surface area contributed by atoms with E-state index in [2.05, 4.69) is 0 Å². The minimum Gasteiger partial charge on any atom is -0.465 e. The topological polar surface area (TPSA) is 83.5 Å². The number of amides is 1. The van der Waals surface area contributed by atoms with Gasteiger partial charge >= 0.3 is 5.97 Å². The second-order valence-electron chi connectivity index (χ2n) is 7.10. The molecule has 0 aliphatic rings. The van der Waals surface area contributed by atoms with Gasteiger partial charge in [-0.15, -0.1) is 0 Å². The number of nitrogens with two attached hydrogens (primary N) is 1. The second kappa shape index (κ2) is 8.75. The number of benzene rings is 3. The van der Waals surface area contributed by atoms with Crippen molar-refractivity contribution in [3.05, 3.63) is 107 Å². The van der Waals surface area contributed by atoms with Crippen LogP contribution in [0.5, 0.6) is 0 Å². The van der Waals surface area contributed by atoms with Crippen LogP contribution in [0.15, 0.2) is 85.1 Å². The van der Waals surface area contributed by atoms with Crippen molar-refractivity contribution in [2.24, 2.45) is 5.73 Å². The Bertz CT molecular complexity index is 1230. The fourth-order valence-electron chi connectivity index (χ4n) is 3.75. The van der Waals surface area contributed by atoms with Gasteiger partial charge in [0.2, 0.25) is 5.91 Å². The van der Waals surface area contributed by atoms with Crippen molar-refractivity contribution in [2.45, 2.75) is 12.5 Å². The Hall–Kier alpha value is -4.06. The summed E-state index contributed by atoms with van der Waals surface area (Å²) in [5, 5.41) is 0.819. The van der Waals surface area contributed by atoms with Gasteiger partial charge in [-0.1, -0.05) is 66.7 Å². The van der Waals surface area contributed by atoms with Gasteiger partial charge in [0, 0.05) is 11.6 Å². The first-order valence-electron chi connectivity index (χ1n) is 9.84. The Kier molecular flexibility index (Phi) is 5.71. The Morgan fingerprint density at radius 3 is 2.32 bits per heavy atom. The van der Waals surface area contributed by atoms with Crippen molar-refractivity contribution < 1.29 is 19.2 Å². The number of nitrogens with zero attached hydrogens (tertiary/aromatic N) is 1. The standard InChI is InChI=1S/C25H22N2O4/c1-30-25(29)20-13-6-5-12-19(20)23(24(26)28)21-15-27(22-14-8-7-11-18(21)22)31-16-17-9-3-2-4-10-17/h2-15,23H,16H2,1H3,(H2,26,28). The van der Waals surface area contributed by atoms with Gasteiger partial charge < -0.3 is 15.3 Å². The van der Waals surface area contributed by atoms with Crippen LogP contribution in [0.3, 0.4) is 0 Å². The number of primary amides is 1. The van der Waals surface area contributed by atoms with Crippen LogP contribution in [-0.2, 0) is 16.1 Å². The van der Waals surface area contributed by atoms with E-state index in [0.717, 1.165) is 16.5 Å². The van der Waals surface area contributed by atoms with Crippen molar-refractivity contribution in [1.82, 2.24) is 4.73 Å². The van der Waals surface area contributed by atoms with Crippen LogP contribution in [0.25, 0.3) is 10.9 Å². The Morgan fingerprint density at radius 2 is 1.58 bits per heavy atom. The van der Waals surface area contributed by atoms with E-state index in [9.17, 15) is 9.59 Å². The summed E-state index contributed by atoms with van der Waals surface area (Å²) in [6, 6.07) is 24.2. The van der Waals surface area contributed by atoms with Crippen molar-refractivity contribution in [2.75, 3.05) is 7.11 Å². The molecule has 0 saturated carbocycles. The van der Waals surface area contributed by atoms with Gasteiger partial charge in [-0.2, -0.15) is 4.73 Å². The molecule has 6 heteroatoms. The first kappa shape index (κ1) is 20.2. The zero-order chi connectivity index (χ0) is 21.8. The monoisotopic (exact) mass is 414 g/mol. The smallest absolute Gasteiger partial charge is 0.338 e. The predicted molar refractivity (Wildman–Crippen MR) is 117 cm³/mol. The molecular weight excluding hydrogens is 392 g/mol. The van der Waals surface area contributed by atoms with Crippen LogP contribution in [0.4, 0.5) is 0 Å². The van der Waals surface area contributed by atoms with E-state index in [1.807, 2.05) is 54.6 Å². The lowest BCUT2D eigenvalue weighted by Gasteiger charge is -2.16. The van der Waals surface area contributed by atoms with Gasteiger partial charge in [0.25, 0.3) is 0 Å². The van der Waals surface area contributed by atoms with Crippen LogP contribution in [0.2, 0.25) is 0 Å². The SMILES string of the molecule is COC(=O)c1ccccc1C(C(N)=O)c1cn(OCc2ccccc2)c2ccccc12. The molecule has 0 bridgehead atoms. The molecule has 1 heterocycles. The molecule has 1 amide bonds. The highest BCUT2D eigenvalue weighted by atomic mass is 16.7. The average molecular weight is 414 g/mol. The Labute approximate surface area is 179 Å². The van der Waals surface area contributed by atoms with E-state index >= 15 is 0 Å². The quantitative estimate of drug-likeness (QED) is 0.468. The summed E-state index contributed by atoms with van der Waals surface area (Å²) in [6.07, 6.45) is 1.76. The summed E-state index contributed by atoms with van der Waals surface area (Å²) in [5.41, 5.74) is 9.11. The largest absolute Gasteiger partial charge is 0.465 e. The third-order valence-corrected chi connectivity index (χ3v) is 5.19. The highest BCUT2D eigenvalue weighted by Gasteiger charge is 2.29. The van der Waals surface area contributed by atoms with E-state index in [4.69, 9.17) is 15.3 Å². The number of carbonyl (C=O) groups excluding carboxylic acids is 2. The lowest BCUT2D eigenvalue weighted by molar-refractivity contribution is -0.118. The third kappa shape index (κ3) is 4.00. The summed E-state index contributed by atoms with van der Waals surface area (Å²) in [5.74, 6) is -1.94. The summed E-state index contributed by atoms with van der Waals surface area (Å²) in [7, 11) is 1.31. The predicted octanol–water partition coefficient (Wildman–Crippen LogP) is 3.67. The van der Waals surface area contributed by atoms with Crippen LogP contribution in [0.1, 0.15) is 33.0 Å². The van der Waals surface area contributed by atoms with Gasteiger partial charge in [-0.3, -0.25) is 4.79 Å². The van der Waals surface area contributed by atoms with E-state index in [0.29, 0.717) is 23.3 Å². The highest BCUT2D eigenvalue weighted by Crippen LogP contribution is 2.34.